The van der Waals surface area contributed by atoms with Crippen molar-refractivity contribution in [3.63, 3.8) is 0 Å². The first-order chi connectivity index (χ1) is 16.2. The van der Waals surface area contributed by atoms with Crippen molar-refractivity contribution in [2.45, 2.75) is 43.4 Å². The van der Waals surface area contributed by atoms with Crippen LogP contribution in [0.4, 0.5) is 5.69 Å². The molecule has 0 radical (unpaired) electrons. The molecule has 0 fully saturated rings. The summed E-state index contributed by atoms with van der Waals surface area (Å²) in [5.74, 6) is 0.505. The van der Waals surface area contributed by atoms with Gasteiger partial charge in [-0.25, -0.2) is 4.98 Å². The van der Waals surface area contributed by atoms with E-state index in [9.17, 15) is 14.9 Å². The van der Waals surface area contributed by atoms with Crippen LogP contribution >= 0.6 is 34.7 Å². The molecule has 174 valence electrons. The Labute approximate surface area is 208 Å². The number of thiophene rings is 1. The van der Waals surface area contributed by atoms with Crippen molar-refractivity contribution in [2.75, 3.05) is 0 Å². The molecule has 1 aliphatic rings. The van der Waals surface area contributed by atoms with Crippen LogP contribution in [0.5, 0.6) is 0 Å². The summed E-state index contributed by atoms with van der Waals surface area (Å²) in [6.45, 7) is 4.52. The molecule has 5 rings (SSSR count). The van der Waals surface area contributed by atoms with Gasteiger partial charge < -0.3 is 4.74 Å². The van der Waals surface area contributed by atoms with E-state index < -0.39 is 4.92 Å². The first-order valence-corrected chi connectivity index (χ1v) is 12.7. The van der Waals surface area contributed by atoms with E-state index in [-0.39, 0.29) is 16.8 Å². The number of hydrogen-bond donors (Lipinski definition) is 0. The summed E-state index contributed by atoms with van der Waals surface area (Å²) >= 11 is 9.01. The highest BCUT2D eigenvalue weighted by atomic mass is 35.5. The standard InChI is InChI=1S/C24H20ClN3O4S2/c1-24(2)11-18-19(12-32-24)34-21-20(18)22(29)27(16-9-5-15(25)6-10-16)23(26-21)33-13-14-3-7-17(8-4-14)28(30)31/h3-10H,11-13H2,1-2H3. The number of non-ortho nitro benzene ring substituents is 1. The molecular weight excluding hydrogens is 494 g/mol. The fourth-order valence-corrected chi connectivity index (χ4v) is 6.19. The van der Waals surface area contributed by atoms with Crippen molar-refractivity contribution >= 4 is 50.6 Å². The number of rotatable bonds is 5. The maximum atomic E-state index is 13.9. The van der Waals surface area contributed by atoms with Crippen molar-refractivity contribution < 1.29 is 9.66 Å². The van der Waals surface area contributed by atoms with Crippen LogP contribution in [-0.2, 0) is 23.5 Å². The first-order valence-electron chi connectivity index (χ1n) is 10.6. The molecule has 0 bridgehead atoms. The van der Waals surface area contributed by atoms with E-state index in [4.69, 9.17) is 21.3 Å². The Kier molecular flexibility index (Phi) is 5.97. The summed E-state index contributed by atoms with van der Waals surface area (Å²) in [5.41, 5.74) is 2.18. The number of halogens is 1. The predicted octanol–water partition coefficient (Wildman–Crippen LogP) is 6.15. The summed E-state index contributed by atoms with van der Waals surface area (Å²) in [7, 11) is 0. The van der Waals surface area contributed by atoms with Gasteiger partial charge in [0, 0.05) is 34.2 Å². The summed E-state index contributed by atoms with van der Waals surface area (Å²) in [5, 5.41) is 12.7. The summed E-state index contributed by atoms with van der Waals surface area (Å²) < 4.78 is 7.59. The van der Waals surface area contributed by atoms with Crippen molar-refractivity contribution in [3.05, 3.63) is 90.0 Å². The molecule has 2 aromatic carbocycles. The van der Waals surface area contributed by atoms with Gasteiger partial charge >= 0.3 is 0 Å². The zero-order valence-corrected chi connectivity index (χ0v) is 20.8. The van der Waals surface area contributed by atoms with Gasteiger partial charge in [-0.15, -0.1) is 11.3 Å². The monoisotopic (exact) mass is 513 g/mol. The molecule has 0 atom stereocenters. The van der Waals surface area contributed by atoms with Crippen molar-refractivity contribution in [2.24, 2.45) is 0 Å². The molecule has 0 saturated heterocycles. The fourth-order valence-electron chi connectivity index (χ4n) is 3.95. The quantitative estimate of drug-likeness (QED) is 0.138. The molecule has 0 N–H and O–H groups in total. The van der Waals surface area contributed by atoms with Crippen LogP contribution < -0.4 is 5.56 Å². The zero-order chi connectivity index (χ0) is 24.0. The molecule has 3 heterocycles. The number of nitro groups is 1. The largest absolute Gasteiger partial charge is 0.370 e. The second kappa shape index (κ2) is 8.81. The molecule has 0 aliphatic carbocycles. The fraction of sp³-hybridized carbons (Fsp3) is 0.250. The third-order valence-corrected chi connectivity index (χ3v) is 8.04. The Hall–Kier alpha value is -2.72. The number of hydrogen-bond acceptors (Lipinski definition) is 7. The summed E-state index contributed by atoms with van der Waals surface area (Å²) in [6, 6.07) is 13.5. The van der Waals surface area contributed by atoms with Gasteiger partial charge in [-0.1, -0.05) is 35.5 Å². The van der Waals surface area contributed by atoms with Gasteiger partial charge in [-0.05, 0) is 49.2 Å². The minimum absolute atomic E-state index is 0.0423. The zero-order valence-electron chi connectivity index (χ0n) is 18.4. The highest BCUT2D eigenvalue weighted by Crippen LogP contribution is 2.38. The third-order valence-electron chi connectivity index (χ3n) is 5.67. The molecule has 0 unspecified atom stereocenters. The van der Waals surface area contributed by atoms with Gasteiger partial charge in [0.15, 0.2) is 5.16 Å². The second-order valence-electron chi connectivity index (χ2n) is 8.63. The lowest BCUT2D eigenvalue weighted by atomic mass is 9.94. The average molecular weight is 514 g/mol. The molecule has 0 amide bonds. The maximum absolute atomic E-state index is 13.9. The molecule has 4 aromatic rings. The van der Waals surface area contributed by atoms with Gasteiger partial charge in [0.2, 0.25) is 0 Å². The van der Waals surface area contributed by atoms with Crippen LogP contribution in [0, 0.1) is 10.1 Å². The number of thioether (sulfide) groups is 1. The number of benzene rings is 2. The van der Waals surface area contributed by atoms with E-state index >= 15 is 0 Å². The van der Waals surface area contributed by atoms with E-state index in [1.165, 1.54) is 35.2 Å². The molecule has 2 aromatic heterocycles. The molecule has 1 aliphatic heterocycles. The summed E-state index contributed by atoms with van der Waals surface area (Å²) in [4.78, 5) is 31.0. The van der Waals surface area contributed by atoms with Gasteiger partial charge in [0.1, 0.15) is 4.83 Å². The Morgan fingerprint density at radius 2 is 1.91 bits per heavy atom. The smallest absolute Gasteiger partial charge is 0.269 e. The number of fused-ring (bicyclic) bond motifs is 3. The molecule has 0 saturated carbocycles. The van der Waals surface area contributed by atoms with Gasteiger partial charge in [0.05, 0.1) is 28.2 Å². The van der Waals surface area contributed by atoms with E-state index in [1.54, 1.807) is 41.0 Å². The van der Waals surface area contributed by atoms with Crippen molar-refractivity contribution in [1.29, 1.82) is 0 Å². The lowest BCUT2D eigenvalue weighted by Gasteiger charge is -2.29. The highest BCUT2D eigenvalue weighted by molar-refractivity contribution is 7.98. The van der Waals surface area contributed by atoms with Crippen LogP contribution in [0.25, 0.3) is 15.9 Å². The highest BCUT2D eigenvalue weighted by Gasteiger charge is 2.31. The normalized spacial score (nSPS) is 14.8. The lowest BCUT2D eigenvalue weighted by molar-refractivity contribution is -0.384. The van der Waals surface area contributed by atoms with E-state index in [0.717, 1.165) is 16.0 Å². The number of aromatic nitrogens is 2. The average Bonchev–Trinajstić information content (AvgIpc) is 3.15. The number of nitro benzene ring substituents is 1. The molecular formula is C24H20ClN3O4S2. The van der Waals surface area contributed by atoms with Crippen LogP contribution in [-0.4, -0.2) is 20.1 Å². The van der Waals surface area contributed by atoms with Crippen LogP contribution in [0.3, 0.4) is 0 Å². The minimum Gasteiger partial charge on any atom is -0.370 e. The number of nitrogens with zero attached hydrogens (tertiary/aromatic N) is 3. The van der Waals surface area contributed by atoms with Crippen molar-refractivity contribution in [1.82, 2.24) is 9.55 Å². The Balaban J connectivity index is 1.61. The topological polar surface area (TPSA) is 87.3 Å². The Bertz CT molecular complexity index is 1460. The first kappa shape index (κ1) is 23.0. The van der Waals surface area contributed by atoms with Crippen LogP contribution in [0.15, 0.2) is 58.5 Å². The second-order valence-corrected chi connectivity index (χ2v) is 11.1. The van der Waals surface area contributed by atoms with E-state index in [0.29, 0.717) is 44.9 Å². The van der Waals surface area contributed by atoms with Crippen molar-refractivity contribution in [3.8, 4) is 5.69 Å². The van der Waals surface area contributed by atoms with Crippen LogP contribution in [0.2, 0.25) is 5.02 Å². The van der Waals surface area contributed by atoms with Crippen LogP contribution in [0.1, 0.15) is 29.9 Å². The molecule has 0 spiro atoms. The van der Waals surface area contributed by atoms with Gasteiger partial charge in [0.25, 0.3) is 11.2 Å². The van der Waals surface area contributed by atoms with E-state index in [2.05, 4.69) is 0 Å². The van der Waals surface area contributed by atoms with Gasteiger partial charge in [-0.2, -0.15) is 0 Å². The van der Waals surface area contributed by atoms with Gasteiger partial charge in [-0.3, -0.25) is 19.5 Å². The lowest BCUT2D eigenvalue weighted by Crippen LogP contribution is -2.32. The maximum Gasteiger partial charge on any atom is 0.269 e. The molecule has 34 heavy (non-hydrogen) atoms. The Morgan fingerprint density at radius 3 is 2.59 bits per heavy atom. The minimum atomic E-state index is -0.422. The predicted molar refractivity (Wildman–Crippen MR) is 135 cm³/mol. The summed E-state index contributed by atoms with van der Waals surface area (Å²) in [6.07, 6.45) is 0.648. The molecule has 7 nitrogen and oxygen atoms in total. The van der Waals surface area contributed by atoms with E-state index in [1.807, 2.05) is 13.8 Å². The molecule has 10 heteroatoms. The number of ether oxygens (including phenoxy) is 1. The Morgan fingerprint density at radius 1 is 1.21 bits per heavy atom. The third kappa shape index (κ3) is 4.36. The SMILES string of the molecule is CC1(C)Cc2c(sc3nc(SCc4ccc([N+](=O)[O-])cc4)n(-c4ccc(Cl)cc4)c(=O)c23)CO1.